The summed E-state index contributed by atoms with van der Waals surface area (Å²) in [7, 11) is 0. The Bertz CT molecular complexity index is 489. The zero-order valence-electron chi connectivity index (χ0n) is 12.3. The van der Waals surface area contributed by atoms with Gasteiger partial charge in [0.15, 0.2) is 0 Å². The molecule has 5 nitrogen and oxygen atoms in total. The largest absolute Gasteiger partial charge is 0.348 e. The van der Waals surface area contributed by atoms with Crippen LogP contribution in [-0.2, 0) is 4.79 Å². The highest BCUT2D eigenvalue weighted by atomic mass is 35.5. The van der Waals surface area contributed by atoms with Gasteiger partial charge in [-0.3, -0.25) is 9.59 Å². The van der Waals surface area contributed by atoms with Crippen LogP contribution in [0.4, 0.5) is 0 Å². The van der Waals surface area contributed by atoms with Gasteiger partial charge in [0.2, 0.25) is 5.91 Å². The summed E-state index contributed by atoms with van der Waals surface area (Å²) in [5, 5.41) is 5.95. The number of nitrogens with two attached hydrogens (primary N) is 1. The molecule has 0 saturated carbocycles. The Morgan fingerprint density at radius 1 is 1.29 bits per heavy atom. The average Bonchev–Trinajstić information content (AvgIpc) is 2.38. The summed E-state index contributed by atoms with van der Waals surface area (Å²) in [5.74, 6) is -0.599. The molecule has 2 amide bonds. The van der Waals surface area contributed by atoms with Gasteiger partial charge in [-0.1, -0.05) is 11.6 Å². The van der Waals surface area contributed by atoms with Gasteiger partial charge in [0.25, 0.3) is 5.91 Å². The Morgan fingerprint density at radius 3 is 2.29 bits per heavy atom. The maximum atomic E-state index is 11.9. The monoisotopic (exact) mass is 333 g/mol. The third-order valence-corrected chi connectivity index (χ3v) is 3.07. The normalized spacial score (nSPS) is 12.0. The van der Waals surface area contributed by atoms with Gasteiger partial charge in [-0.15, -0.1) is 12.4 Å². The molecule has 0 fully saturated rings. The van der Waals surface area contributed by atoms with Crippen molar-refractivity contribution in [2.75, 3.05) is 6.54 Å². The van der Waals surface area contributed by atoms with E-state index in [1.807, 2.05) is 13.8 Å². The van der Waals surface area contributed by atoms with Crippen LogP contribution in [0.5, 0.6) is 0 Å². The average molecular weight is 334 g/mol. The molecular formula is C14H21Cl2N3O2. The van der Waals surface area contributed by atoms with Gasteiger partial charge in [-0.25, -0.2) is 0 Å². The number of nitrogens with one attached hydrogen (secondary N) is 2. The minimum atomic E-state index is -0.649. The summed E-state index contributed by atoms with van der Waals surface area (Å²) in [6, 6.07) is 5.80. The first-order valence-electron chi connectivity index (χ1n) is 6.34. The van der Waals surface area contributed by atoms with E-state index in [1.165, 1.54) is 0 Å². The topological polar surface area (TPSA) is 84.2 Å². The molecule has 0 radical (unpaired) electrons. The molecule has 1 atom stereocenters. The second kappa shape index (κ2) is 8.22. The second-order valence-electron chi connectivity index (χ2n) is 5.28. The van der Waals surface area contributed by atoms with Crippen LogP contribution in [0.25, 0.3) is 0 Å². The number of carbonyl (C=O) groups excluding carboxylic acids is 2. The highest BCUT2D eigenvalue weighted by Crippen LogP contribution is 2.09. The zero-order valence-corrected chi connectivity index (χ0v) is 13.8. The molecule has 118 valence electrons. The summed E-state index contributed by atoms with van der Waals surface area (Å²) in [6.07, 6.45) is 0. The lowest BCUT2D eigenvalue weighted by Crippen LogP contribution is -2.55. The molecule has 0 aliphatic heterocycles. The third kappa shape index (κ3) is 6.33. The van der Waals surface area contributed by atoms with Gasteiger partial charge in [0.05, 0.1) is 0 Å². The molecule has 1 aromatic rings. The first-order chi connectivity index (χ1) is 9.25. The molecule has 1 rings (SSSR count). The predicted molar refractivity (Wildman–Crippen MR) is 86.9 cm³/mol. The highest BCUT2D eigenvalue weighted by Gasteiger charge is 2.23. The fourth-order valence-corrected chi connectivity index (χ4v) is 1.57. The van der Waals surface area contributed by atoms with Gasteiger partial charge in [-0.2, -0.15) is 0 Å². The molecule has 1 unspecified atom stereocenters. The maximum absolute atomic E-state index is 11.9. The van der Waals surface area contributed by atoms with E-state index in [0.29, 0.717) is 17.1 Å². The van der Waals surface area contributed by atoms with Gasteiger partial charge in [-0.05, 0) is 45.0 Å². The van der Waals surface area contributed by atoms with Gasteiger partial charge in [0, 0.05) is 22.7 Å². The van der Waals surface area contributed by atoms with Crippen LogP contribution >= 0.6 is 24.0 Å². The number of hydrogen-bond acceptors (Lipinski definition) is 3. The summed E-state index contributed by atoms with van der Waals surface area (Å²) >= 11 is 5.75. The lowest BCUT2D eigenvalue weighted by molar-refractivity contribution is -0.124. The zero-order chi connectivity index (χ0) is 15.3. The summed E-state index contributed by atoms with van der Waals surface area (Å²) in [5.41, 5.74) is 5.49. The minimum Gasteiger partial charge on any atom is -0.348 e. The molecule has 0 aliphatic carbocycles. The Morgan fingerprint density at radius 2 is 1.81 bits per heavy atom. The highest BCUT2D eigenvalue weighted by molar-refractivity contribution is 6.30. The van der Waals surface area contributed by atoms with E-state index in [1.54, 1.807) is 31.2 Å². The first kappa shape index (κ1) is 19.7. The van der Waals surface area contributed by atoms with E-state index < -0.39 is 11.6 Å². The van der Waals surface area contributed by atoms with Gasteiger partial charge < -0.3 is 16.4 Å². The fraction of sp³-hybridized carbons (Fsp3) is 0.429. The summed E-state index contributed by atoms with van der Waals surface area (Å²) in [4.78, 5) is 23.9. The number of rotatable bonds is 5. The second-order valence-corrected chi connectivity index (χ2v) is 5.72. The lowest BCUT2D eigenvalue weighted by Gasteiger charge is -2.26. The molecule has 0 aromatic heterocycles. The first-order valence-corrected chi connectivity index (χ1v) is 6.71. The summed E-state index contributed by atoms with van der Waals surface area (Å²) in [6.45, 7) is 5.57. The van der Waals surface area contributed by atoms with Crippen molar-refractivity contribution in [2.24, 2.45) is 5.73 Å². The Hall–Kier alpha value is -1.30. The number of amides is 2. The SMILES string of the molecule is CC(NC(=O)c1ccc(Cl)cc1)C(=O)NC(C)(C)CN.Cl. The molecule has 7 heteroatoms. The van der Waals surface area contributed by atoms with Crippen molar-refractivity contribution in [3.05, 3.63) is 34.9 Å². The minimum absolute atomic E-state index is 0. The smallest absolute Gasteiger partial charge is 0.251 e. The Kier molecular flexibility index (Phi) is 7.71. The van der Waals surface area contributed by atoms with E-state index in [9.17, 15) is 9.59 Å². The van der Waals surface area contributed by atoms with Gasteiger partial charge in [0.1, 0.15) is 6.04 Å². The Balaban J connectivity index is 0.00000400. The van der Waals surface area contributed by atoms with Crippen molar-refractivity contribution in [1.82, 2.24) is 10.6 Å². The van der Waals surface area contributed by atoms with Crippen LogP contribution < -0.4 is 16.4 Å². The molecule has 21 heavy (non-hydrogen) atoms. The van der Waals surface area contributed by atoms with E-state index in [2.05, 4.69) is 10.6 Å². The molecule has 1 aromatic carbocycles. The quantitative estimate of drug-likeness (QED) is 0.767. The van der Waals surface area contributed by atoms with Crippen LogP contribution in [0.3, 0.4) is 0 Å². The molecule has 0 bridgehead atoms. The van der Waals surface area contributed by atoms with Crippen molar-refractivity contribution in [2.45, 2.75) is 32.4 Å². The molecule has 0 saturated heterocycles. The molecule has 0 heterocycles. The number of halogens is 2. The predicted octanol–water partition coefficient (Wildman–Crippen LogP) is 1.73. The molecule has 0 aliphatic rings. The van der Waals surface area contributed by atoms with Crippen LogP contribution in [0, 0.1) is 0 Å². The van der Waals surface area contributed by atoms with E-state index in [4.69, 9.17) is 17.3 Å². The van der Waals surface area contributed by atoms with Crippen molar-refractivity contribution in [3.63, 3.8) is 0 Å². The van der Waals surface area contributed by atoms with Crippen molar-refractivity contribution < 1.29 is 9.59 Å². The lowest BCUT2D eigenvalue weighted by atomic mass is 10.1. The van der Waals surface area contributed by atoms with Crippen LogP contribution in [0.1, 0.15) is 31.1 Å². The summed E-state index contributed by atoms with van der Waals surface area (Å²) < 4.78 is 0. The fourth-order valence-electron chi connectivity index (χ4n) is 1.44. The molecule has 4 N–H and O–H groups in total. The number of benzene rings is 1. The van der Waals surface area contributed by atoms with Crippen molar-refractivity contribution in [1.29, 1.82) is 0 Å². The van der Waals surface area contributed by atoms with Crippen molar-refractivity contribution in [3.8, 4) is 0 Å². The number of hydrogen-bond donors (Lipinski definition) is 3. The van der Waals surface area contributed by atoms with Gasteiger partial charge >= 0.3 is 0 Å². The maximum Gasteiger partial charge on any atom is 0.251 e. The van der Waals surface area contributed by atoms with Crippen LogP contribution in [0.2, 0.25) is 5.02 Å². The Labute approximate surface area is 136 Å². The van der Waals surface area contributed by atoms with Crippen molar-refractivity contribution >= 4 is 35.8 Å². The standard InChI is InChI=1S/C14H20ClN3O2.ClH/c1-9(12(19)18-14(2,3)8-16)17-13(20)10-4-6-11(15)7-5-10;/h4-7,9H,8,16H2,1-3H3,(H,17,20)(H,18,19);1H. The molecular weight excluding hydrogens is 313 g/mol. The van der Waals surface area contributed by atoms with Crippen LogP contribution in [0.15, 0.2) is 24.3 Å². The van der Waals surface area contributed by atoms with E-state index in [0.717, 1.165) is 0 Å². The third-order valence-electron chi connectivity index (χ3n) is 2.82. The van der Waals surface area contributed by atoms with E-state index in [-0.39, 0.29) is 24.2 Å². The number of carbonyl (C=O) groups is 2. The van der Waals surface area contributed by atoms with E-state index >= 15 is 0 Å². The van der Waals surface area contributed by atoms with Crippen LogP contribution in [-0.4, -0.2) is 29.9 Å². The molecule has 0 spiro atoms.